The number of nitrogens with one attached hydrogen (secondary N) is 1. The average molecular weight is 430 g/mol. The maximum absolute atomic E-state index is 12.0. The van der Waals surface area contributed by atoms with E-state index in [1.54, 1.807) is 36.4 Å². The zero-order valence-electron chi connectivity index (χ0n) is 15.4. The first-order valence-corrected chi connectivity index (χ1v) is 9.30. The number of carbonyl (C=O) groups excluding carboxylic acids is 1. The van der Waals surface area contributed by atoms with Crippen molar-refractivity contribution in [3.63, 3.8) is 0 Å². The third kappa shape index (κ3) is 5.70. The Morgan fingerprint density at radius 1 is 1.14 bits per heavy atom. The Kier molecular flexibility index (Phi) is 7.05. The summed E-state index contributed by atoms with van der Waals surface area (Å²) < 4.78 is 11.2. The van der Waals surface area contributed by atoms with Crippen molar-refractivity contribution in [1.29, 1.82) is 0 Å². The zero-order chi connectivity index (χ0) is 20.6. The fourth-order valence-corrected chi connectivity index (χ4v) is 2.82. The van der Waals surface area contributed by atoms with Crippen LogP contribution in [-0.2, 0) is 6.61 Å². The predicted molar refractivity (Wildman–Crippen MR) is 113 cm³/mol. The molecule has 0 atom stereocenters. The SMILES string of the molecule is COc1cc(/C=N/NC(=O)c2ccncc2)cc(Cl)c1OCc1ccc(Cl)cc1. The van der Waals surface area contributed by atoms with Crippen molar-refractivity contribution >= 4 is 35.3 Å². The van der Waals surface area contributed by atoms with Gasteiger partial charge in [-0.05, 0) is 47.5 Å². The van der Waals surface area contributed by atoms with Gasteiger partial charge in [0.2, 0.25) is 0 Å². The van der Waals surface area contributed by atoms with Gasteiger partial charge in [0.1, 0.15) is 6.61 Å². The number of benzene rings is 2. The summed E-state index contributed by atoms with van der Waals surface area (Å²) in [4.78, 5) is 15.9. The molecule has 6 nitrogen and oxygen atoms in total. The monoisotopic (exact) mass is 429 g/mol. The van der Waals surface area contributed by atoms with Gasteiger partial charge in [0.05, 0.1) is 18.3 Å². The van der Waals surface area contributed by atoms with Gasteiger partial charge in [0.25, 0.3) is 5.91 Å². The van der Waals surface area contributed by atoms with Crippen LogP contribution in [-0.4, -0.2) is 24.2 Å². The summed E-state index contributed by atoms with van der Waals surface area (Å²) >= 11 is 12.3. The molecular weight excluding hydrogens is 413 g/mol. The number of nitrogens with zero attached hydrogens (tertiary/aromatic N) is 2. The number of pyridine rings is 1. The smallest absolute Gasteiger partial charge is 0.271 e. The van der Waals surface area contributed by atoms with Crippen molar-refractivity contribution < 1.29 is 14.3 Å². The molecule has 8 heteroatoms. The van der Waals surface area contributed by atoms with Crippen LogP contribution in [0.4, 0.5) is 0 Å². The lowest BCUT2D eigenvalue weighted by Crippen LogP contribution is -2.17. The Balaban J connectivity index is 1.68. The van der Waals surface area contributed by atoms with Gasteiger partial charge in [0, 0.05) is 23.0 Å². The minimum Gasteiger partial charge on any atom is -0.493 e. The molecule has 2 aromatic carbocycles. The number of aromatic nitrogens is 1. The Hall–Kier alpha value is -3.09. The largest absolute Gasteiger partial charge is 0.493 e. The molecule has 0 saturated heterocycles. The minimum absolute atomic E-state index is 0.308. The van der Waals surface area contributed by atoms with E-state index in [1.807, 2.05) is 12.1 Å². The van der Waals surface area contributed by atoms with Gasteiger partial charge in [-0.15, -0.1) is 0 Å². The summed E-state index contributed by atoms with van der Waals surface area (Å²) in [5.41, 5.74) is 4.49. The molecule has 29 heavy (non-hydrogen) atoms. The summed E-state index contributed by atoms with van der Waals surface area (Å²) in [6, 6.07) is 13.9. The molecule has 0 unspecified atom stereocenters. The molecule has 0 bridgehead atoms. The number of hydrogen-bond donors (Lipinski definition) is 1. The number of hydrazone groups is 1. The van der Waals surface area contributed by atoms with Gasteiger partial charge in [-0.1, -0.05) is 35.3 Å². The van der Waals surface area contributed by atoms with Crippen LogP contribution in [0.3, 0.4) is 0 Å². The van der Waals surface area contributed by atoms with E-state index in [2.05, 4.69) is 15.5 Å². The van der Waals surface area contributed by atoms with Gasteiger partial charge in [-0.3, -0.25) is 9.78 Å². The number of carbonyl (C=O) groups is 1. The van der Waals surface area contributed by atoms with Crippen molar-refractivity contribution in [2.75, 3.05) is 7.11 Å². The van der Waals surface area contributed by atoms with E-state index in [1.165, 1.54) is 25.7 Å². The first-order chi connectivity index (χ1) is 14.1. The van der Waals surface area contributed by atoms with Gasteiger partial charge in [-0.25, -0.2) is 5.43 Å². The van der Waals surface area contributed by atoms with E-state index < -0.39 is 0 Å². The van der Waals surface area contributed by atoms with E-state index in [-0.39, 0.29) is 5.91 Å². The molecule has 0 fully saturated rings. The minimum atomic E-state index is -0.343. The maximum Gasteiger partial charge on any atom is 0.271 e. The van der Waals surface area contributed by atoms with E-state index in [9.17, 15) is 4.79 Å². The summed E-state index contributed by atoms with van der Waals surface area (Å²) in [5, 5.41) is 4.97. The molecule has 3 rings (SSSR count). The Labute approximate surface area is 178 Å². The van der Waals surface area contributed by atoms with Crippen molar-refractivity contribution in [2.45, 2.75) is 6.61 Å². The summed E-state index contributed by atoms with van der Waals surface area (Å²) in [6.45, 7) is 0.308. The number of ether oxygens (including phenoxy) is 2. The van der Waals surface area contributed by atoms with E-state index in [0.717, 1.165) is 5.56 Å². The topological polar surface area (TPSA) is 72.8 Å². The lowest BCUT2D eigenvalue weighted by molar-refractivity contribution is 0.0955. The highest BCUT2D eigenvalue weighted by atomic mass is 35.5. The highest BCUT2D eigenvalue weighted by Crippen LogP contribution is 2.36. The van der Waals surface area contributed by atoms with Crippen LogP contribution >= 0.6 is 23.2 Å². The van der Waals surface area contributed by atoms with Crippen molar-refractivity contribution in [1.82, 2.24) is 10.4 Å². The average Bonchev–Trinajstić information content (AvgIpc) is 2.74. The van der Waals surface area contributed by atoms with Gasteiger partial charge in [0.15, 0.2) is 11.5 Å². The number of amides is 1. The number of methoxy groups -OCH3 is 1. The summed E-state index contributed by atoms with van der Waals surface area (Å²) in [7, 11) is 1.52. The van der Waals surface area contributed by atoms with Crippen molar-refractivity contribution in [3.05, 3.63) is 87.7 Å². The molecule has 148 valence electrons. The van der Waals surface area contributed by atoms with Crippen LogP contribution < -0.4 is 14.9 Å². The predicted octanol–water partition coefficient (Wildman–Crippen LogP) is 4.74. The van der Waals surface area contributed by atoms with Gasteiger partial charge in [-0.2, -0.15) is 5.10 Å². The molecule has 0 spiro atoms. The standard InChI is InChI=1S/C21H17Cl2N3O3/c1-28-19-11-15(12-25-26-21(27)16-6-8-24-9-7-16)10-18(23)20(19)29-13-14-2-4-17(22)5-3-14/h2-12H,13H2,1H3,(H,26,27)/b25-12+. The lowest BCUT2D eigenvalue weighted by atomic mass is 10.2. The normalized spacial score (nSPS) is 10.7. The lowest BCUT2D eigenvalue weighted by Gasteiger charge is -2.13. The molecule has 0 saturated carbocycles. The molecule has 1 N–H and O–H groups in total. The quantitative estimate of drug-likeness (QED) is 0.434. The second-order valence-corrected chi connectivity index (χ2v) is 6.73. The van der Waals surface area contributed by atoms with Crippen LogP contribution in [0.25, 0.3) is 0 Å². The molecule has 1 heterocycles. The first-order valence-electron chi connectivity index (χ1n) is 8.55. The van der Waals surface area contributed by atoms with Gasteiger partial charge >= 0.3 is 0 Å². The van der Waals surface area contributed by atoms with Crippen molar-refractivity contribution in [2.24, 2.45) is 5.10 Å². The van der Waals surface area contributed by atoms with E-state index >= 15 is 0 Å². The van der Waals surface area contributed by atoms with Crippen LogP contribution in [0.1, 0.15) is 21.5 Å². The maximum atomic E-state index is 12.0. The zero-order valence-corrected chi connectivity index (χ0v) is 16.9. The molecule has 0 radical (unpaired) electrons. The molecule has 1 aromatic heterocycles. The van der Waals surface area contributed by atoms with Crippen LogP contribution in [0.15, 0.2) is 66.0 Å². The fraction of sp³-hybridized carbons (Fsp3) is 0.0952. The summed E-state index contributed by atoms with van der Waals surface area (Å²) in [6.07, 6.45) is 4.54. The third-order valence-corrected chi connectivity index (χ3v) is 4.40. The number of halogens is 2. The van der Waals surface area contributed by atoms with Gasteiger partial charge < -0.3 is 9.47 Å². The van der Waals surface area contributed by atoms with E-state index in [0.29, 0.717) is 39.3 Å². The number of hydrogen-bond acceptors (Lipinski definition) is 5. The van der Waals surface area contributed by atoms with Crippen LogP contribution in [0.2, 0.25) is 10.0 Å². The molecule has 1 amide bonds. The number of rotatable bonds is 7. The van der Waals surface area contributed by atoms with Crippen LogP contribution in [0.5, 0.6) is 11.5 Å². The second kappa shape index (κ2) is 9.91. The summed E-state index contributed by atoms with van der Waals surface area (Å²) in [5.74, 6) is 0.528. The fourth-order valence-electron chi connectivity index (χ4n) is 2.42. The highest BCUT2D eigenvalue weighted by molar-refractivity contribution is 6.32. The van der Waals surface area contributed by atoms with Crippen LogP contribution in [0, 0.1) is 0 Å². The Morgan fingerprint density at radius 3 is 2.55 bits per heavy atom. The second-order valence-electron chi connectivity index (χ2n) is 5.88. The molecule has 0 aliphatic rings. The first kappa shape index (κ1) is 20.6. The Bertz CT molecular complexity index is 1010. The molecule has 0 aliphatic heterocycles. The third-order valence-electron chi connectivity index (χ3n) is 3.87. The van der Waals surface area contributed by atoms with E-state index in [4.69, 9.17) is 32.7 Å². The highest BCUT2D eigenvalue weighted by Gasteiger charge is 2.12. The molecule has 0 aliphatic carbocycles. The Morgan fingerprint density at radius 2 is 1.86 bits per heavy atom. The van der Waals surface area contributed by atoms with Crippen molar-refractivity contribution in [3.8, 4) is 11.5 Å². The molecular formula is C21H17Cl2N3O3. The molecule has 3 aromatic rings.